The van der Waals surface area contributed by atoms with E-state index in [1.54, 1.807) is 13.2 Å². The van der Waals surface area contributed by atoms with Gasteiger partial charge in [0, 0.05) is 7.11 Å². The van der Waals surface area contributed by atoms with Gasteiger partial charge in [-0.25, -0.2) is 0 Å². The van der Waals surface area contributed by atoms with Crippen LogP contribution < -0.4 is 11.1 Å². The lowest BCUT2D eigenvalue weighted by Crippen LogP contribution is -2.29. The van der Waals surface area contributed by atoms with Crippen LogP contribution in [0, 0.1) is 6.92 Å². The third-order valence-corrected chi connectivity index (χ3v) is 2.62. The van der Waals surface area contributed by atoms with E-state index in [0.29, 0.717) is 11.4 Å². The molecule has 0 fully saturated rings. The third kappa shape index (κ3) is 4.07. The third-order valence-electron chi connectivity index (χ3n) is 2.62. The first-order chi connectivity index (χ1) is 7.84. The number of nitrogens with one attached hydrogen (secondary N) is 1. The van der Waals surface area contributed by atoms with Gasteiger partial charge < -0.3 is 15.8 Å². The number of anilines is 2. The fourth-order valence-electron chi connectivity index (χ4n) is 1.43. The van der Waals surface area contributed by atoms with Gasteiger partial charge in [-0.1, -0.05) is 6.07 Å². The van der Waals surface area contributed by atoms with Crippen LogP contribution in [0.5, 0.6) is 0 Å². The lowest BCUT2D eigenvalue weighted by molar-refractivity contribution is -0.121. The summed E-state index contributed by atoms with van der Waals surface area (Å²) >= 11 is 0. The molecule has 0 spiro atoms. The Morgan fingerprint density at radius 2 is 2.12 bits per heavy atom. The molecule has 4 heteroatoms. The number of methoxy groups -OCH3 is 1. The molecule has 0 atom stereocenters. The summed E-state index contributed by atoms with van der Waals surface area (Å²) in [4.78, 5) is 11.8. The van der Waals surface area contributed by atoms with Crippen LogP contribution in [0.4, 0.5) is 11.4 Å². The molecule has 0 heterocycles. The standard InChI is InChI=1S/C13H20N2O2/c1-9-5-6-10(14)11(7-9)15-12(16)8-13(2,3)17-4/h5-7H,8,14H2,1-4H3,(H,15,16). The first kappa shape index (κ1) is 13.5. The number of carbonyl (C=O) groups excluding carboxylic acids is 1. The summed E-state index contributed by atoms with van der Waals surface area (Å²) in [6.45, 7) is 5.69. The highest BCUT2D eigenvalue weighted by Crippen LogP contribution is 2.21. The van der Waals surface area contributed by atoms with Crippen LogP contribution in [-0.2, 0) is 9.53 Å². The fourth-order valence-corrected chi connectivity index (χ4v) is 1.43. The number of carbonyl (C=O) groups is 1. The summed E-state index contributed by atoms with van der Waals surface area (Å²) in [7, 11) is 1.59. The molecule has 0 radical (unpaired) electrons. The van der Waals surface area contributed by atoms with Gasteiger partial charge in [0.15, 0.2) is 0 Å². The lowest BCUT2D eigenvalue weighted by Gasteiger charge is -2.22. The SMILES string of the molecule is COC(C)(C)CC(=O)Nc1cc(C)ccc1N. The zero-order valence-corrected chi connectivity index (χ0v) is 10.8. The van der Waals surface area contributed by atoms with E-state index in [0.717, 1.165) is 5.56 Å². The molecule has 0 unspecified atom stereocenters. The zero-order chi connectivity index (χ0) is 13.1. The molecule has 0 aliphatic rings. The summed E-state index contributed by atoms with van der Waals surface area (Å²) in [6.07, 6.45) is 0.289. The van der Waals surface area contributed by atoms with Crippen LogP contribution in [-0.4, -0.2) is 18.6 Å². The highest BCUT2D eigenvalue weighted by molar-refractivity contribution is 5.94. The van der Waals surface area contributed by atoms with Crippen molar-refractivity contribution in [3.05, 3.63) is 23.8 Å². The number of hydrogen-bond donors (Lipinski definition) is 2. The molecule has 1 rings (SSSR count). The number of benzene rings is 1. The second kappa shape index (κ2) is 5.19. The molecule has 0 saturated heterocycles. The Kier molecular flexibility index (Phi) is 4.12. The van der Waals surface area contributed by atoms with E-state index in [9.17, 15) is 4.79 Å². The van der Waals surface area contributed by atoms with Crippen LogP contribution in [0.3, 0.4) is 0 Å². The molecule has 3 N–H and O–H groups in total. The number of hydrogen-bond acceptors (Lipinski definition) is 3. The Morgan fingerprint density at radius 1 is 1.47 bits per heavy atom. The Bertz CT molecular complexity index is 414. The molecule has 1 aromatic carbocycles. The summed E-state index contributed by atoms with van der Waals surface area (Å²) in [5.41, 5.74) is 7.60. The van der Waals surface area contributed by atoms with E-state index in [4.69, 9.17) is 10.5 Å². The minimum Gasteiger partial charge on any atom is -0.397 e. The van der Waals surface area contributed by atoms with Crippen LogP contribution >= 0.6 is 0 Å². The van der Waals surface area contributed by atoms with E-state index in [1.807, 2.05) is 32.9 Å². The fraction of sp³-hybridized carbons (Fsp3) is 0.462. The molecule has 0 aromatic heterocycles. The second-order valence-electron chi connectivity index (χ2n) is 4.78. The molecule has 94 valence electrons. The van der Waals surface area contributed by atoms with Gasteiger partial charge in [0.25, 0.3) is 0 Å². The van der Waals surface area contributed by atoms with E-state index < -0.39 is 5.60 Å². The predicted octanol–water partition coefficient (Wildman–Crippen LogP) is 2.33. The van der Waals surface area contributed by atoms with Gasteiger partial charge in [-0.05, 0) is 38.5 Å². The van der Waals surface area contributed by atoms with Crippen molar-refractivity contribution >= 4 is 17.3 Å². The average Bonchev–Trinajstić information content (AvgIpc) is 2.23. The van der Waals surface area contributed by atoms with Gasteiger partial charge >= 0.3 is 0 Å². The molecular weight excluding hydrogens is 216 g/mol. The highest BCUT2D eigenvalue weighted by Gasteiger charge is 2.21. The maximum absolute atomic E-state index is 11.8. The Morgan fingerprint density at radius 3 is 2.71 bits per heavy atom. The van der Waals surface area contributed by atoms with Gasteiger partial charge in [0.05, 0.1) is 23.4 Å². The van der Waals surface area contributed by atoms with Crippen LogP contribution in [0.15, 0.2) is 18.2 Å². The lowest BCUT2D eigenvalue weighted by atomic mass is 10.0. The van der Waals surface area contributed by atoms with Gasteiger partial charge in [-0.2, -0.15) is 0 Å². The van der Waals surface area contributed by atoms with Crippen LogP contribution in [0.1, 0.15) is 25.8 Å². The Balaban J connectivity index is 2.71. The maximum atomic E-state index is 11.8. The first-order valence-electron chi connectivity index (χ1n) is 5.55. The highest BCUT2D eigenvalue weighted by atomic mass is 16.5. The monoisotopic (exact) mass is 236 g/mol. The molecule has 1 amide bonds. The summed E-state index contributed by atoms with van der Waals surface area (Å²) in [5.74, 6) is -0.103. The smallest absolute Gasteiger partial charge is 0.227 e. The van der Waals surface area contributed by atoms with Gasteiger partial charge in [0.1, 0.15) is 0 Å². The summed E-state index contributed by atoms with van der Waals surface area (Å²) in [5, 5.41) is 2.80. The molecule has 0 aliphatic carbocycles. The van der Waals surface area contributed by atoms with E-state index in [2.05, 4.69) is 5.32 Å². The molecular formula is C13H20N2O2. The molecule has 1 aromatic rings. The first-order valence-corrected chi connectivity index (χ1v) is 5.55. The van der Waals surface area contributed by atoms with Crippen molar-refractivity contribution in [1.82, 2.24) is 0 Å². The minimum atomic E-state index is -0.470. The van der Waals surface area contributed by atoms with Crippen molar-refractivity contribution in [2.45, 2.75) is 32.8 Å². The van der Waals surface area contributed by atoms with Gasteiger partial charge in [0.2, 0.25) is 5.91 Å². The predicted molar refractivity (Wildman–Crippen MR) is 69.9 cm³/mol. The molecule has 0 saturated carbocycles. The van der Waals surface area contributed by atoms with E-state index in [-0.39, 0.29) is 12.3 Å². The molecule has 0 aliphatic heterocycles. The number of nitrogen functional groups attached to an aromatic ring is 1. The molecule has 0 bridgehead atoms. The number of ether oxygens (including phenoxy) is 1. The number of aryl methyl sites for hydroxylation is 1. The average molecular weight is 236 g/mol. The van der Waals surface area contributed by atoms with E-state index in [1.165, 1.54) is 0 Å². The normalized spacial score (nSPS) is 11.3. The van der Waals surface area contributed by atoms with Crippen LogP contribution in [0.2, 0.25) is 0 Å². The number of nitrogens with two attached hydrogens (primary N) is 1. The quantitative estimate of drug-likeness (QED) is 0.789. The van der Waals surface area contributed by atoms with Crippen molar-refractivity contribution in [3.63, 3.8) is 0 Å². The van der Waals surface area contributed by atoms with E-state index >= 15 is 0 Å². The van der Waals surface area contributed by atoms with Crippen molar-refractivity contribution in [2.75, 3.05) is 18.2 Å². The molecule has 17 heavy (non-hydrogen) atoms. The number of rotatable bonds is 4. The van der Waals surface area contributed by atoms with Crippen molar-refractivity contribution < 1.29 is 9.53 Å². The summed E-state index contributed by atoms with van der Waals surface area (Å²) < 4.78 is 5.21. The number of amides is 1. The Labute approximate surface area is 102 Å². The minimum absolute atomic E-state index is 0.103. The maximum Gasteiger partial charge on any atom is 0.227 e. The van der Waals surface area contributed by atoms with Gasteiger partial charge in [-0.3, -0.25) is 4.79 Å². The largest absolute Gasteiger partial charge is 0.397 e. The molecule has 4 nitrogen and oxygen atoms in total. The van der Waals surface area contributed by atoms with Crippen molar-refractivity contribution in [3.8, 4) is 0 Å². The van der Waals surface area contributed by atoms with Crippen molar-refractivity contribution in [2.24, 2.45) is 0 Å². The Hall–Kier alpha value is -1.55. The zero-order valence-electron chi connectivity index (χ0n) is 10.8. The van der Waals surface area contributed by atoms with Gasteiger partial charge in [-0.15, -0.1) is 0 Å². The topological polar surface area (TPSA) is 64.3 Å². The second-order valence-corrected chi connectivity index (χ2v) is 4.78. The summed E-state index contributed by atoms with van der Waals surface area (Å²) in [6, 6.07) is 5.55. The van der Waals surface area contributed by atoms with Crippen LogP contribution in [0.25, 0.3) is 0 Å². The van der Waals surface area contributed by atoms with Crippen molar-refractivity contribution in [1.29, 1.82) is 0 Å².